The fourth-order valence-corrected chi connectivity index (χ4v) is 0.766. The SMILES string of the molecule is [O-][n+]1onc2c[c]ccc21. The molecule has 0 aliphatic rings. The third-order valence-electron chi connectivity index (χ3n) is 1.23. The molecule has 1 heterocycles. The Morgan fingerprint density at radius 1 is 1.70 bits per heavy atom. The molecule has 0 unspecified atom stereocenters. The Morgan fingerprint density at radius 3 is 3.40 bits per heavy atom. The van der Waals surface area contributed by atoms with Crippen LogP contribution in [-0.2, 0) is 0 Å². The molecule has 0 saturated heterocycles. The fraction of sp³-hybridized carbons (Fsp3) is 0. The first kappa shape index (κ1) is 5.22. The number of nitrogens with zero attached hydrogens (tertiary/aromatic N) is 2. The predicted octanol–water partition coefficient (Wildman–Crippen LogP) is 0.261. The molecule has 49 valence electrons. The first-order valence-electron chi connectivity index (χ1n) is 2.73. The van der Waals surface area contributed by atoms with Crippen molar-refractivity contribution >= 4 is 11.0 Å². The average molecular weight is 135 g/mol. The first-order chi connectivity index (χ1) is 4.88. The summed E-state index contributed by atoms with van der Waals surface area (Å²) in [7, 11) is 0. The molecule has 0 aliphatic carbocycles. The van der Waals surface area contributed by atoms with Gasteiger partial charge in [0.05, 0.1) is 0 Å². The maximum atomic E-state index is 10.7. The lowest BCUT2D eigenvalue weighted by molar-refractivity contribution is -0.782. The Bertz CT molecular complexity index is 355. The van der Waals surface area contributed by atoms with Crippen LogP contribution in [-0.4, -0.2) is 5.16 Å². The number of fused-ring (bicyclic) bond motifs is 1. The van der Waals surface area contributed by atoms with E-state index >= 15 is 0 Å². The molecular weight excluding hydrogens is 132 g/mol. The van der Waals surface area contributed by atoms with Crippen LogP contribution in [0.2, 0.25) is 0 Å². The van der Waals surface area contributed by atoms with E-state index in [2.05, 4.69) is 15.9 Å². The molecule has 0 amide bonds. The van der Waals surface area contributed by atoms with E-state index in [0.29, 0.717) is 15.9 Å². The first-order valence-corrected chi connectivity index (χ1v) is 2.73. The second kappa shape index (κ2) is 1.70. The van der Waals surface area contributed by atoms with E-state index in [4.69, 9.17) is 0 Å². The summed E-state index contributed by atoms with van der Waals surface area (Å²) in [6, 6.07) is 7.59. The number of benzene rings is 1. The fourth-order valence-electron chi connectivity index (χ4n) is 0.766. The Morgan fingerprint density at radius 2 is 2.60 bits per heavy atom. The molecule has 0 saturated carbocycles. The molecule has 1 aromatic carbocycles. The van der Waals surface area contributed by atoms with Gasteiger partial charge in [0.2, 0.25) is 11.0 Å². The van der Waals surface area contributed by atoms with Crippen LogP contribution < -0.4 is 4.90 Å². The van der Waals surface area contributed by atoms with Gasteiger partial charge in [-0.25, -0.2) is 0 Å². The van der Waals surface area contributed by atoms with E-state index in [9.17, 15) is 5.21 Å². The van der Waals surface area contributed by atoms with Crippen LogP contribution in [0.15, 0.2) is 22.8 Å². The number of rotatable bonds is 0. The van der Waals surface area contributed by atoms with Crippen molar-refractivity contribution in [2.24, 2.45) is 0 Å². The van der Waals surface area contributed by atoms with Gasteiger partial charge >= 0.3 is 0 Å². The molecule has 0 spiro atoms. The minimum absolute atomic E-state index is 0.364. The quantitative estimate of drug-likeness (QED) is 0.487. The largest absolute Gasteiger partial charge is 0.359 e. The van der Waals surface area contributed by atoms with Crippen LogP contribution >= 0.6 is 0 Å². The van der Waals surface area contributed by atoms with E-state index in [-0.39, 0.29) is 0 Å². The van der Waals surface area contributed by atoms with Gasteiger partial charge in [0.1, 0.15) is 0 Å². The van der Waals surface area contributed by atoms with Crippen molar-refractivity contribution in [1.82, 2.24) is 5.16 Å². The third kappa shape index (κ3) is 0.556. The van der Waals surface area contributed by atoms with E-state index in [1.807, 2.05) is 0 Å². The van der Waals surface area contributed by atoms with Gasteiger partial charge in [-0.1, -0.05) is 0 Å². The number of hydrogen-bond acceptors (Lipinski definition) is 3. The van der Waals surface area contributed by atoms with Crippen molar-refractivity contribution in [3.05, 3.63) is 29.5 Å². The van der Waals surface area contributed by atoms with Gasteiger partial charge in [-0.05, 0) is 23.1 Å². The Balaban J connectivity index is 2.93. The van der Waals surface area contributed by atoms with Gasteiger partial charge < -0.3 is 5.21 Å². The van der Waals surface area contributed by atoms with Gasteiger partial charge in [0.25, 0.3) is 0 Å². The molecule has 0 N–H and O–H groups in total. The molecular formula is C6H3N2O2. The lowest BCUT2D eigenvalue weighted by Gasteiger charge is -1.81. The lowest BCUT2D eigenvalue weighted by Crippen LogP contribution is -2.22. The van der Waals surface area contributed by atoms with Gasteiger partial charge in [0, 0.05) is 11.2 Å². The molecule has 2 aromatic rings. The van der Waals surface area contributed by atoms with E-state index in [1.54, 1.807) is 18.2 Å². The van der Waals surface area contributed by atoms with Crippen molar-refractivity contribution in [3.8, 4) is 0 Å². The zero-order valence-electron chi connectivity index (χ0n) is 4.94. The summed E-state index contributed by atoms with van der Waals surface area (Å²) < 4.78 is 4.31. The molecule has 0 aliphatic heterocycles. The van der Waals surface area contributed by atoms with Crippen LogP contribution in [0.1, 0.15) is 0 Å². The van der Waals surface area contributed by atoms with Crippen molar-refractivity contribution in [1.29, 1.82) is 0 Å². The molecule has 2 rings (SSSR count). The van der Waals surface area contributed by atoms with Crippen LogP contribution in [0.25, 0.3) is 11.0 Å². The topological polar surface area (TPSA) is 53.0 Å². The molecule has 1 radical (unpaired) electrons. The summed E-state index contributed by atoms with van der Waals surface area (Å²) in [5, 5.41) is 14.1. The predicted molar refractivity (Wildman–Crippen MR) is 31.8 cm³/mol. The minimum Gasteiger partial charge on any atom is -0.359 e. The van der Waals surface area contributed by atoms with Gasteiger partial charge in [-0.15, -0.1) is 0 Å². The zero-order valence-corrected chi connectivity index (χ0v) is 4.94. The van der Waals surface area contributed by atoms with E-state index in [1.165, 1.54) is 0 Å². The molecule has 4 nitrogen and oxygen atoms in total. The summed E-state index contributed by atoms with van der Waals surface area (Å²) in [6.45, 7) is 0. The summed E-state index contributed by atoms with van der Waals surface area (Å²) in [6.07, 6.45) is 0. The van der Waals surface area contributed by atoms with Crippen LogP contribution in [0.3, 0.4) is 0 Å². The van der Waals surface area contributed by atoms with Crippen LogP contribution in [0.4, 0.5) is 0 Å². The highest BCUT2D eigenvalue weighted by Crippen LogP contribution is 2.03. The average Bonchev–Trinajstić information content (AvgIpc) is 2.34. The molecule has 0 atom stereocenters. The highest BCUT2D eigenvalue weighted by Gasteiger charge is 2.04. The summed E-state index contributed by atoms with van der Waals surface area (Å²) in [5.74, 6) is 0. The van der Waals surface area contributed by atoms with Gasteiger partial charge in [0.15, 0.2) is 0 Å². The second-order valence-electron chi connectivity index (χ2n) is 1.84. The molecule has 0 bridgehead atoms. The Hall–Kier alpha value is -1.58. The highest BCUT2D eigenvalue weighted by molar-refractivity contribution is 5.69. The minimum atomic E-state index is 0.364. The molecule has 4 heteroatoms. The molecule has 10 heavy (non-hydrogen) atoms. The van der Waals surface area contributed by atoms with Gasteiger partial charge in [-0.2, -0.15) is 0 Å². The van der Waals surface area contributed by atoms with E-state index in [0.717, 1.165) is 0 Å². The van der Waals surface area contributed by atoms with Crippen molar-refractivity contribution in [2.75, 3.05) is 0 Å². The number of hydrogen-bond donors (Lipinski definition) is 0. The molecule has 1 aromatic heterocycles. The van der Waals surface area contributed by atoms with Crippen molar-refractivity contribution in [2.45, 2.75) is 0 Å². The summed E-state index contributed by atoms with van der Waals surface area (Å²) in [4.78, 5) is 0.364. The highest BCUT2D eigenvalue weighted by atomic mass is 16.8. The zero-order chi connectivity index (χ0) is 6.97. The maximum Gasteiger partial charge on any atom is 0.249 e. The van der Waals surface area contributed by atoms with Crippen LogP contribution in [0.5, 0.6) is 0 Å². The summed E-state index contributed by atoms with van der Waals surface area (Å²) in [5.41, 5.74) is 0.955. The maximum absolute atomic E-state index is 10.7. The number of aromatic nitrogens is 2. The van der Waals surface area contributed by atoms with Gasteiger partial charge in [-0.3, -0.25) is 4.63 Å². The van der Waals surface area contributed by atoms with Crippen molar-refractivity contribution in [3.63, 3.8) is 0 Å². The van der Waals surface area contributed by atoms with Crippen molar-refractivity contribution < 1.29 is 9.53 Å². The monoisotopic (exact) mass is 135 g/mol. The van der Waals surface area contributed by atoms with Crippen LogP contribution in [0, 0.1) is 11.3 Å². The third-order valence-corrected chi connectivity index (χ3v) is 1.23. The summed E-state index contributed by atoms with van der Waals surface area (Å²) >= 11 is 0. The standard InChI is InChI=1S/C6H3N2O2/c9-8-6-4-2-1-3-5(6)7-10-8/h2-4H. The Kier molecular flexibility index (Phi) is 0.887. The smallest absolute Gasteiger partial charge is 0.249 e. The second-order valence-corrected chi connectivity index (χ2v) is 1.84. The Labute approximate surface area is 56.2 Å². The van der Waals surface area contributed by atoms with E-state index < -0.39 is 0 Å². The normalized spacial score (nSPS) is 10.4. The lowest BCUT2D eigenvalue weighted by atomic mass is 10.3. The molecule has 0 fully saturated rings.